The monoisotopic (exact) mass is 342 g/mol. The summed E-state index contributed by atoms with van der Waals surface area (Å²) < 4.78 is 19.1. The van der Waals surface area contributed by atoms with Crippen LogP contribution in [0.15, 0.2) is 12.2 Å². The van der Waals surface area contributed by atoms with Gasteiger partial charge in [-0.1, -0.05) is 36.1 Å². The lowest BCUT2D eigenvalue weighted by molar-refractivity contribution is -0.144. The fourth-order valence-corrected chi connectivity index (χ4v) is 1.27. The standard InChI is InChI=1S/C12H20FIO2/c1-9(2)12(4,13)7-8-16-11(15)6-5-10(3)14/h10H,1,5-8H2,2-4H3. The van der Waals surface area contributed by atoms with Crippen molar-refractivity contribution in [2.24, 2.45) is 0 Å². The maximum atomic E-state index is 13.7. The van der Waals surface area contributed by atoms with Crippen LogP contribution in [-0.4, -0.2) is 22.2 Å². The predicted octanol–water partition coefficient (Wildman–Crippen LogP) is 3.83. The van der Waals surface area contributed by atoms with Gasteiger partial charge in [-0.15, -0.1) is 0 Å². The molecule has 0 amide bonds. The van der Waals surface area contributed by atoms with Gasteiger partial charge in [0, 0.05) is 16.8 Å². The molecule has 0 aliphatic heterocycles. The second-order valence-electron chi connectivity index (χ2n) is 4.27. The Morgan fingerprint density at radius 3 is 2.62 bits per heavy atom. The van der Waals surface area contributed by atoms with Crippen molar-refractivity contribution < 1.29 is 13.9 Å². The molecule has 0 saturated heterocycles. The molecule has 0 saturated carbocycles. The zero-order valence-electron chi connectivity index (χ0n) is 10.2. The Kier molecular flexibility index (Phi) is 7.19. The molecule has 2 unspecified atom stereocenters. The molecule has 0 heterocycles. The lowest BCUT2D eigenvalue weighted by atomic mass is 9.97. The van der Waals surface area contributed by atoms with Gasteiger partial charge in [-0.25, -0.2) is 4.39 Å². The maximum absolute atomic E-state index is 13.7. The number of rotatable bonds is 7. The first-order chi connectivity index (χ1) is 7.25. The van der Waals surface area contributed by atoms with Gasteiger partial charge in [0.15, 0.2) is 0 Å². The number of carbonyl (C=O) groups excluding carboxylic acids is 1. The predicted molar refractivity (Wildman–Crippen MR) is 72.6 cm³/mol. The molecule has 0 bridgehead atoms. The molecule has 0 rings (SSSR count). The van der Waals surface area contributed by atoms with E-state index in [1.807, 2.05) is 6.92 Å². The van der Waals surface area contributed by atoms with Gasteiger partial charge in [0.05, 0.1) is 6.61 Å². The highest BCUT2D eigenvalue weighted by atomic mass is 127. The smallest absolute Gasteiger partial charge is 0.305 e. The average molecular weight is 342 g/mol. The third-order valence-electron chi connectivity index (χ3n) is 2.47. The molecule has 16 heavy (non-hydrogen) atoms. The third kappa shape index (κ3) is 7.19. The molecule has 0 fully saturated rings. The minimum absolute atomic E-state index is 0.119. The molecular weight excluding hydrogens is 322 g/mol. The summed E-state index contributed by atoms with van der Waals surface area (Å²) in [4.78, 5) is 11.2. The summed E-state index contributed by atoms with van der Waals surface area (Å²) in [5, 5.41) is 0. The number of hydrogen-bond acceptors (Lipinski definition) is 2. The van der Waals surface area contributed by atoms with Crippen molar-refractivity contribution in [1.82, 2.24) is 0 Å². The van der Waals surface area contributed by atoms with Gasteiger partial charge in [-0.2, -0.15) is 0 Å². The van der Waals surface area contributed by atoms with Gasteiger partial charge >= 0.3 is 5.97 Å². The highest BCUT2D eigenvalue weighted by Gasteiger charge is 2.24. The largest absolute Gasteiger partial charge is 0.466 e. The summed E-state index contributed by atoms with van der Waals surface area (Å²) in [5.41, 5.74) is -0.985. The van der Waals surface area contributed by atoms with Gasteiger partial charge in [0.1, 0.15) is 5.67 Å². The Hall–Kier alpha value is -0.130. The van der Waals surface area contributed by atoms with E-state index in [0.717, 1.165) is 6.42 Å². The Morgan fingerprint density at radius 2 is 2.19 bits per heavy atom. The Labute approximate surface area is 111 Å². The summed E-state index contributed by atoms with van der Waals surface area (Å²) in [6.07, 6.45) is 1.38. The van der Waals surface area contributed by atoms with Crippen molar-refractivity contribution in [3.8, 4) is 0 Å². The molecule has 2 atom stereocenters. The number of ether oxygens (including phenoxy) is 1. The topological polar surface area (TPSA) is 26.3 Å². The first kappa shape index (κ1) is 15.9. The zero-order chi connectivity index (χ0) is 12.8. The van der Waals surface area contributed by atoms with E-state index in [4.69, 9.17) is 4.74 Å². The number of allylic oxidation sites excluding steroid dienone is 1. The average Bonchev–Trinajstić information content (AvgIpc) is 2.14. The van der Waals surface area contributed by atoms with E-state index in [-0.39, 0.29) is 19.0 Å². The first-order valence-corrected chi connectivity index (χ1v) is 6.65. The molecule has 0 aliphatic rings. The number of esters is 1. The highest BCUT2D eigenvalue weighted by Crippen LogP contribution is 2.23. The van der Waals surface area contributed by atoms with Gasteiger partial charge in [0.2, 0.25) is 0 Å². The molecule has 4 heteroatoms. The third-order valence-corrected chi connectivity index (χ3v) is 3.09. The van der Waals surface area contributed by atoms with E-state index in [2.05, 4.69) is 29.2 Å². The van der Waals surface area contributed by atoms with Crippen LogP contribution in [0, 0.1) is 0 Å². The normalized spacial score (nSPS) is 16.3. The number of carbonyl (C=O) groups is 1. The van der Waals surface area contributed by atoms with Gasteiger partial charge in [-0.05, 0) is 25.8 Å². The van der Waals surface area contributed by atoms with E-state index in [9.17, 15) is 9.18 Å². The summed E-state index contributed by atoms with van der Waals surface area (Å²) in [5.74, 6) is -0.249. The van der Waals surface area contributed by atoms with Crippen molar-refractivity contribution >= 4 is 28.6 Å². The number of alkyl halides is 2. The lowest BCUT2D eigenvalue weighted by Gasteiger charge is -2.20. The maximum Gasteiger partial charge on any atom is 0.305 e. The lowest BCUT2D eigenvalue weighted by Crippen LogP contribution is -2.22. The Morgan fingerprint density at radius 1 is 1.62 bits per heavy atom. The summed E-state index contributed by atoms with van der Waals surface area (Å²) >= 11 is 2.26. The van der Waals surface area contributed by atoms with E-state index in [1.165, 1.54) is 6.92 Å². The molecule has 0 aliphatic carbocycles. The number of hydrogen-bond donors (Lipinski definition) is 0. The minimum atomic E-state index is -1.45. The van der Waals surface area contributed by atoms with Crippen LogP contribution in [-0.2, 0) is 9.53 Å². The van der Waals surface area contributed by atoms with Crippen LogP contribution in [0.4, 0.5) is 4.39 Å². The van der Waals surface area contributed by atoms with Crippen LogP contribution in [0.3, 0.4) is 0 Å². The van der Waals surface area contributed by atoms with Crippen LogP contribution >= 0.6 is 22.6 Å². The fourth-order valence-electron chi connectivity index (χ4n) is 0.959. The van der Waals surface area contributed by atoms with E-state index in [0.29, 0.717) is 15.9 Å². The molecule has 0 N–H and O–H groups in total. The second kappa shape index (κ2) is 7.25. The molecule has 0 radical (unpaired) electrons. The Balaban J connectivity index is 3.74. The molecular formula is C12H20FIO2. The van der Waals surface area contributed by atoms with Gasteiger partial charge < -0.3 is 4.74 Å². The molecule has 0 aromatic rings. The molecule has 0 spiro atoms. The molecule has 0 aromatic heterocycles. The van der Waals surface area contributed by atoms with Gasteiger partial charge in [-0.3, -0.25) is 4.79 Å². The van der Waals surface area contributed by atoms with Crippen LogP contribution in [0.25, 0.3) is 0 Å². The first-order valence-electron chi connectivity index (χ1n) is 5.40. The van der Waals surface area contributed by atoms with Crippen molar-refractivity contribution in [2.75, 3.05) is 6.61 Å². The zero-order valence-corrected chi connectivity index (χ0v) is 12.3. The minimum Gasteiger partial charge on any atom is -0.466 e. The molecule has 0 aromatic carbocycles. The quantitative estimate of drug-likeness (QED) is 0.304. The summed E-state index contributed by atoms with van der Waals surface area (Å²) in [6, 6.07) is 0. The van der Waals surface area contributed by atoms with Crippen LogP contribution in [0.2, 0.25) is 0 Å². The fraction of sp³-hybridized carbons (Fsp3) is 0.750. The van der Waals surface area contributed by atoms with Crippen molar-refractivity contribution in [1.29, 1.82) is 0 Å². The van der Waals surface area contributed by atoms with Crippen molar-refractivity contribution in [3.05, 3.63) is 12.2 Å². The van der Waals surface area contributed by atoms with Crippen molar-refractivity contribution in [2.45, 2.75) is 49.6 Å². The van der Waals surface area contributed by atoms with Crippen LogP contribution in [0.1, 0.15) is 40.0 Å². The van der Waals surface area contributed by atoms with Crippen LogP contribution in [0.5, 0.6) is 0 Å². The van der Waals surface area contributed by atoms with Crippen LogP contribution < -0.4 is 0 Å². The highest BCUT2D eigenvalue weighted by molar-refractivity contribution is 14.1. The van der Waals surface area contributed by atoms with Gasteiger partial charge in [0.25, 0.3) is 0 Å². The van der Waals surface area contributed by atoms with E-state index < -0.39 is 5.67 Å². The number of halogens is 2. The summed E-state index contributed by atoms with van der Waals surface area (Å²) in [6.45, 7) is 8.82. The second-order valence-corrected chi connectivity index (χ2v) is 6.39. The molecule has 94 valence electrons. The van der Waals surface area contributed by atoms with Crippen molar-refractivity contribution in [3.63, 3.8) is 0 Å². The molecule has 2 nitrogen and oxygen atoms in total. The Bertz CT molecular complexity index is 249. The summed E-state index contributed by atoms with van der Waals surface area (Å²) in [7, 11) is 0. The SMILES string of the molecule is C=C(C)C(C)(F)CCOC(=O)CCC(C)I. The van der Waals surface area contributed by atoms with E-state index >= 15 is 0 Å². The van der Waals surface area contributed by atoms with E-state index in [1.54, 1.807) is 6.92 Å².